The van der Waals surface area contributed by atoms with Crippen LogP contribution in [-0.4, -0.2) is 29.8 Å². The number of aromatic nitrogens is 1. The molecule has 3 aromatic carbocycles. The van der Waals surface area contributed by atoms with Gasteiger partial charge in [-0.2, -0.15) is 0 Å². The Morgan fingerprint density at radius 2 is 1.92 bits per heavy atom. The molecule has 1 aliphatic rings. The number of pyridine rings is 1. The summed E-state index contributed by atoms with van der Waals surface area (Å²) < 4.78 is 60.0. The molecule has 0 fully saturated rings. The summed E-state index contributed by atoms with van der Waals surface area (Å²) in [6.45, 7) is 9.63. The maximum absolute atomic E-state index is 15.1. The zero-order valence-corrected chi connectivity index (χ0v) is 22.5. The molecule has 4 aromatic rings. The Labute approximate surface area is 224 Å². The van der Waals surface area contributed by atoms with Crippen LogP contribution in [-0.2, 0) is 20.7 Å². The fraction of sp³-hybridized carbons (Fsp3) is 0.355. The fourth-order valence-electron chi connectivity index (χ4n) is 5.29. The highest BCUT2D eigenvalue weighted by molar-refractivity contribution is 6.09. The average molecular weight is 538 g/mol. The van der Waals surface area contributed by atoms with Crippen molar-refractivity contribution in [2.45, 2.75) is 59.2 Å². The molecule has 0 N–H and O–H groups in total. The molecule has 5 nitrogen and oxygen atoms in total. The van der Waals surface area contributed by atoms with Crippen LogP contribution in [0.15, 0.2) is 42.6 Å². The number of esters is 1. The van der Waals surface area contributed by atoms with Crippen LogP contribution in [0.5, 0.6) is 5.75 Å². The molecule has 0 unspecified atom stereocenters. The van der Waals surface area contributed by atoms with Gasteiger partial charge in [0.1, 0.15) is 11.6 Å². The molecule has 39 heavy (non-hydrogen) atoms. The first-order chi connectivity index (χ1) is 18.5. The van der Waals surface area contributed by atoms with Gasteiger partial charge in [-0.25, -0.2) is 18.0 Å². The van der Waals surface area contributed by atoms with Crippen LogP contribution in [0.1, 0.15) is 62.5 Å². The molecule has 0 spiro atoms. The maximum Gasteiger partial charge on any atom is 0.339 e. The van der Waals surface area contributed by atoms with E-state index in [1.54, 1.807) is 26.1 Å². The van der Waals surface area contributed by atoms with Gasteiger partial charge in [0.05, 0.1) is 29.9 Å². The fourth-order valence-corrected chi connectivity index (χ4v) is 5.29. The predicted molar refractivity (Wildman–Crippen MR) is 144 cm³/mol. The number of hydrogen-bond donors (Lipinski definition) is 0. The molecule has 5 rings (SSSR count). The van der Waals surface area contributed by atoms with Crippen LogP contribution in [0.4, 0.5) is 13.2 Å². The molecule has 1 atom stereocenters. The summed E-state index contributed by atoms with van der Waals surface area (Å²) in [5.74, 6) is -0.947. The van der Waals surface area contributed by atoms with Gasteiger partial charge in [-0.15, -0.1) is 0 Å². The van der Waals surface area contributed by atoms with E-state index < -0.39 is 35.5 Å². The number of alkyl halides is 2. The van der Waals surface area contributed by atoms with E-state index in [4.69, 9.17) is 14.2 Å². The molecule has 0 bridgehead atoms. The van der Waals surface area contributed by atoms with Gasteiger partial charge in [0.15, 0.2) is 6.10 Å². The topological polar surface area (TPSA) is 57.7 Å². The van der Waals surface area contributed by atoms with Crippen LogP contribution >= 0.6 is 0 Å². The summed E-state index contributed by atoms with van der Waals surface area (Å²) in [4.78, 5) is 18.0. The minimum atomic E-state index is -2.98. The molecule has 1 aromatic heterocycles. The lowest BCUT2D eigenvalue weighted by Gasteiger charge is -2.30. The molecular weight excluding hydrogens is 507 g/mol. The van der Waals surface area contributed by atoms with E-state index >= 15 is 4.39 Å². The van der Waals surface area contributed by atoms with Crippen LogP contribution in [0.2, 0.25) is 0 Å². The normalized spacial score (nSPS) is 14.1. The molecule has 0 aliphatic carbocycles. The second kappa shape index (κ2) is 10.2. The number of aryl methyl sites for hydroxylation is 1. The van der Waals surface area contributed by atoms with Gasteiger partial charge >= 0.3 is 5.97 Å². The van der Waals surface area contributed by atoms with E-state index in [-0.39, 0.29) is 6.61 Å². The first-order valence-electron chi connectivity index (χ1n) is 12.9. The number of halogens is 3. The number of carbonyl (C=O) groups is 1. The van der Waals surface area contributed by atoms with Gasteiger partial charge < -0.3 is 14.2 Å². The Hall–Kier alpha value is -3.65. The summed E-state index contributed by atoms with van der Waals surface area (Å²) in [5.41, 5.74) is 2.41. The van der Waals surface area contributed by atoms with Crippen LogP contribution in [0.3, 0.4) is 0 Å². The number of hydrogen-bond acceptors (Lipinski definition) is 5. The Kier molecular flexibility index (Phi) is 7.01. The zero-order chi connectivity index (χ0) is 28.1. The third-order valence-corrected chi connectivity index (χ3v) is 6.81. The molecule has 204 valence electrons. The van der Waals surface area contributed by atoms with Crippen molar-refractivity contribution in [2.24, 2.45) is 0 Å². The van der Waals surface area contributed by atoms with Crippen LogP contribution in [0, 0.1) is 12.7 Å². The second-order valence-electron chi connectivity index (χ2n) is 10.6. The number of rotatable bonds is 6. The molecular formula is C31H30F3NO4. The largest absolute Gasteiger partial charge is 0.493 e. The van der Waals surface area contributed by atoms with E-state index in [0.29, 0.717) is 57.3 Å². The zero-order valence-electron chi connectivity index (χ0n) is 22.5. The van der Waals surface area contributed by atoms with Crippen LogP contribution in [0.25, 0.3) is 32.8 Å². The Morgan fingerprint density at radius 1 is 1.15 bits per heavy atom. The highest BCUT2D eigenvalue weighted by Gasteiger charge is 2.34. The maximum atomic E-state index is 15.1. The van der Waals surface area contributed by atoms with Crippen molar-refractivity contribution in [3.8, 4) is 16.9 Å². The number of ether oxygens (including phenoxy) is 3. The van der Waals surface area contributed by atoms with E-state index in [1.165, 1.54) is 6.07 Å². The van der Waals surface area contributed by atoms with Crippen LogP contribution < -0.4 is 4.74 Å². The minimum Gasteiger partial charge on any atom is -0.493 e. The predicted octanol–water partition coefficient (Wildman–Crippen LogP) is 7.79. The highest BCUT2D eigenvalue weighted by atomic mass is 19.3. The van der Waals surface area contributed by atoms with E-state index in [0.717, 1.165) is 17.0 Å². The Morgan fingerprint density at radius 3 is 2.62 bits per heavy atom. The number of fused-ring (bicyclic) bond motifs is 1. The average Bonchev–Trinajstić information content (AvgIpc) is 2.87. The molecule has 2 heterocycles. The van der Waals surface area contributed by atoms with E-state index in [1.807, 2.05) is 39.0 Å². The highest BCUT2D eigenvalue weighted by Crippen LogP contribution is 2.46. The lowest BCUT2D eigenvalue weighted by Crippen LogP contribution is -2.29. The number of benzene rings is 3. The molecule has 1 aliphatic heterocycles. The third kappa shape index (κ3) is 4.93. The lowest BCUT2D eigenvalue weighted by atomic mass is 9.85. The molecule has 0 amide bonds. The van der Waals surface area contributed by atoms with Crippen molar-refractivity contribution >= 4 is 27.6 Å². The van der Waals surface area contributed by atoms with Gasteiger partial charge in [0.2, 0.25) is 0 Å². The van der Waals surface area contributed by atoms with E-state index in [9.17, 15) is 13.6 Å². The Bertz CT molecular complexity index is 1580. The second-order valence-corrected chi connectivity index (χ2v) is 10.6. The number of nitrogens with zero attached hydrogens (tertiary/aromatic N) is 1. The first-order valence-corrected chi connectivity index (χ1v) is 12.9. The monoisotopic (exact) mass is 537 g/mol. The summed E-state index contributed by atoms with van der Waals surface area (Å²) in [6.07, 6.45) is -1.74. The lowest BCUT2D eigenvalue weighted by molar-refractivity contribution is -0.166. The quantitative estimate of drug-likeness (QED) is 0.235. The number of carbonyl (C=O) groups excluding carboxylic acids is 1. The van der Waals surface area contributed by atoms with Crippen molar-refractivity contribution < 1.29 is 32.2 Å². The van der Waals surface area contributed by atoms with Crippen molar-refractivity contribution in [2.75, 3.05) is 13.2 Å². The summed E-state index contributed by atoms with van der Waals surface area (Å²) >= 11 is 0. The molecule has 0 saturated heterocycles. The molecule has 8 heteroatoms. The SMILES string of the molecule is CCOC(=O)[C@@H](OC(C)(C)C)c1c(C)cc2cc(C(F)F)c(F)cc2c1-c1ccc2c3c(ccnc13)CCO2. The van der Waals surface area contributed by atoms with Crippen molar-refractivity contribution in [1.29, 1.82) is 0 Å². The smallest absolute Gasteiger partial charge is 0.339 e. The standard InChI is InChI=1S/C31H30F3NO4/c1-6-37-30(36)28(39-31(3,4)5)24-16(2)13-18-14-21(29(33)34)22(32)15-20(18)26(24)19-7-8-23-25-17(10-12-38-23)9-11-35-27(19)25/h7-9,11,13-15,28-29H,6,10,12H2,1-5H3/t28-/m0/s1. The minimum absolute atomic E-state index is 0.136. The van der Waals surface area contributed by atoms with Crippen molar-refractivity contribution in [3.05, 3.63) is 70.7 Å². The molecule has 0 saturated carbocycles. The first kappa shape index (κ1) is 26.9. The van der Waals surface area contributed by atoms with Gasteiger partial charge in [-0.3, -0.25) is 4.98 Å². The van der Waals surface area contributed by atoms with E-state index in [2.05, 4.69) is 4.98 Å². The third-order valence-electron chi connectivity index (χ3n) is 6.81. The summed E-state index contributed by atoms with van der Waals surface area (Å²) in [6, 6.07) is 9.54. The Balaban J connectivity index is 1.93. The van der Waals surface area contributed by atoms with Gasteiger partial charge in [0, 0.05) is 29.1 Å². The van der Waals surface area contributed by atoms with Gasteiger partial charge in [-0.05, 0) is 92.4 Å². The van der Waals surface area contributed by atoms with Crippen molar-refractivity contribution in [1.82, 2.24) is 4.98 Å². The summed E-state index contributed by atoms with van der Waals surface area (Å²) in [7, 11) is 0. The summed E-state index contributed by atoms with van der Waals surface area (Å²) in [5, 5.41) is 1.61. The van der Waals surface area contributed by atoms with Gasteiger partial charge in [-0.1, -0.05) is 6.07 Å². The van der Waals surface area contributed by atoms with Crippen molar-refractivity contribution in [3.63, 3.8) is 0 Å². The molecule has 0 radical (unpaired) electrons. The van der Waals surface area contributed by atoms with Gasteiger partial charge in [0.25, 0.3) is 6.43 Å².